The molecule has 2 N–H and O–H groups in total. The van der Waals surface area contributed by atoms with Crippen molar-refractivity contribution in [3.8, 4) is 0 Å². The van der Waals surface area contributed by atoms with E-state index in [0.29, 0.717) is 31.7 Å². The van der Waals surface area contributed by atoms with E-state index in [1.807, 2.05) is 61.5 Å². The fourth-order valence-electron chi connectivity index (χ4n) is 3.59. The molecule has 0 spiro atoms. The zero-order chi connectivity index (χ0) is 19.5. The molecule has 1 aliphatic heterocycles. The second kappa shape index (κ2) is 7.76. The fraction of sp³-hybridized carbons (Fsp3) is 0.273. The summed E-state index contributed by atoms with van der Waals surface area (Å²) in [5, 5.41) is 6.91. The molecule has 6 heteroatoms. The van der Waals surface area contributed by atoms with Crippen LogP contribution >= 0.6 is 0 Å². The van der Waals surface area contributed by atoms with E-state index in [9.17, 15) is 9.59 Å². The molecule has 0 bridgehead atoms. The lowest BCUT2D eigenvalue weighted by Gasteiger charge is -2.32. The largest absolute Gasteiger partial charge is 0.451 e. The molecule has 144 valence electrons. The lowest BCUT2D eigenvalue weighted by Crippen LogP contribution is -2.47. The van der Waals surface area contributed by atoms with Crippen molar-refractivity contribution in [2.75, 3.05) is 18.4 Å². The van der Waals surface area contributed by atoms with Crippen LogP contribution in [-0.4, -0.2) is 36.0 Å². The average molecular weight is 377 g/mol. The molecule has 2 aromatic carbocycles. The van der Waals surface area contributed by atoms with Gasteiger partial charge in [-0.15, -0.1) is 0 Å². The second-order valence-corrected chi connectivity index (χ2v) is 7.08. The number of nitrogens with zero attached hydrogens (tertiary/aromatic N) is 1. The van der Waals surface area contributed by atoms with Crippen molar-refractivity contribution in [3.05, 3.63) is 65.9 Å². The Morgan fingerprint density at radius 3 is 2.39 bits per heavy atom. The predicted molar refractivity (Wildman–Crippen MR) is 108 cm³/mol. The first-order valence-corrected chi connectivity index (χ1v) is 9.52. The Labute approximate surface area is 163 Å². The topological polar surface area (TPSA) is 74.6 Å². The van der Waals surface area contributed by atoms with Crippen LogP contribution in [0.1, 0.15) is 29.0 Å². The first-order chi connectivity index (χ1) is 13.6. The number of rotatable bonds is 3. The van der Waals surface area contributed by atoms with Gasteiger partial charge in [0.15, 0.2) is 5.76 Å². The van der Waals surface area contributed by atoms with Crippen LogP contribution in [0.4, 0.5) is 10.5 Å². The van der Waals surface area contributed by atoms with Crippen LogP contribution in [-0.2, 0) is 0 Å². The highest BCUT2D eigenvalue weighted by atomic mass is 16.3. The van der Waals surface area contributed by atoms with E-state index >= 15 is 0 Å². The normalized spacial score (nSPS) is 14.8. The molecule has 1 saturated heterocycles. The minimum Gasteiger partial charge on any atom is -0.451 e. The number of anilines is 1. The molecule has 1 fully saturated rings. The van der Waals surface area contributed by atoms with Gasteiger partial charge in [-0.05, 0) is 38.0 Å². The summed E-state index contributed by atoms with van der Waals surface area (Å²) in [6, 6.07) is 17.0. The monoisotopic (exact) mass is 377 g/mol. The molecule has 2 heterocycles. The van der Waals surface area contributed by atoms with E-state index in [0.717, 1.165) is 22.2 Å². The van der Waals surface area contributed by atoms with Gasteiger partial charge < -0.3 is 20.0 Å². The van der Waals surface area contributed by atoms with E-state index < -0.39 is 0 Å². The molecule has 28 heavy (non-hydrogen) atoms. The Hall–Kier alpha value is -3.28. The van der Waals surface area contributed by atoms with Crippen LogP contribution in [0.2, 0.25) is 0 Å². The minimum atomic E-state index is -0.194. The Morgan fingerprint density at radius 2 is 1.68 bits per heavy atom. The first-order valence-electron chi connectivity index (χ1n) is 9.52. The number of benzene rings is 2. The number of aryl methyl sites for hydroxylation is 1. The number of furan rings is 1. The number of fused-ring (bicyclic) bond motifs is 1. The highest BCUT2D eigenvalue weighted by Crippen LogP contribution is 2.25. The van der Waals surface area contributed by atoms with Gasteiger partial charge in [-0.25, -0.2) is 4.79 Å². The van der Waals surface area contributed by atoms with Gasteiger partial charge in [-0.1, -0.05) is 36.4 Å². The van der Waals surface area contributed by atoms with Gasteiger partial charge in [-0.3, -0.25) is 4.79 Å². The molecule has 3 amide bonds. The van der Waals surface area contributed by atoms with Crippen LogP contribution in [0.25, 0.3) is 11.0 Å². The number of likely N-dealkylation sites (tertiary alicyclic amines) is 1. The summed E-state index contributed by atoms with van der Waals surface area (Å²) in [6.07, 6.45) is 1.43. The first kappa shape index (κ1) is 18.1. The highest BCUT2D eigenvalue weighted by molar-refractivity contribution is 5.99. The van der Waals surface area contributed by atoms with Crippen molar-refractivity contribution >= 4 is 28.6 Å². The molecule has 3 aromatic rings. The number of carbonyl (C=O) groups is 2. The van der Waals surface area contributed by atoms with Crippen molar-refractivity contribution in [2.45, 2.75) is 25.8 Å². The molecule has 1 aromatic heterocycles. The lowest BCUT2D eigenvalue weighted by molar-refractivity contribution is 0.0892. The summed E-state index contributed by atoms with van der Waals surface area (Å²) in [6.45, 7) is 3.10. The van der Waals surface area contributed by atoms with Gasteiger partial charge >= 0.3 is 6.03 Å². The number of nitrogens with one attached hydrogen (secondary N) is 2. The van der Waals surface area contributed by atoms with Gasteiger partial charge in [-0.2, -0.15) is 0 Å². The number of hydrogen-bond acceptors (Lipinski definition) is 3. The smallest absolute Gasteiger partial charge is 0.321 e. The third-order valence-corrected chi connectivity index (χ3v) is 5.19. The second-order valence-electron chi connectivity index (χ2n) is 7.08. The van der Waals surface area contributed by atoms with Crippen molar-refractivity contribution in [3.63, 3.8) is 0 Å². The third-order valence-electron chi connectivity index (χ3n) is 5.19. The van der Waals surface area contributed by atoms with E-state index in [2.05, 4.69) is 10.6 Å². The number of para-hydroxylation sites is 2. The summed E-state index contributed by atoms with van der Waals surface area (Å²) >= 11 is 0. The van der Waals surface area contributed by atoms with Gasteiger partial charge in [0, 0.05) is 35.8 Å². The molecule has 1 aliphatic rings. The Morgan fingerprint density at radius 1 is 1.00 bits per heavy atom. The molecular weight excluding hydrogens is 354 g/mol. The molecule has 0 radical (unpaired) electrons. The Bertz CT molecular complexity index is 989. The third kappa shape index (κ3) is 3.71. The maximum Gasteiger partial charge on any atom is 0.321 e. The SMILES string of the molecule is Cc1c(C(=O)NC2CCN(C(=O)Nc3ccccc3)CC2)oc2ccccc12. The van der Waals surface area contributed by atoms with E-state index in [4.69, 9.17) is 4.42 Å². The molecule has 6 nitrogen and oxygen atoms in total. The van der Waals surface area contributed by atoms with Gasteiger partial charge in [0.1, 0.15) is 5.58 Å². The standard InChI is InChI=1S/C22H23N3O3/c1-15-18-9-5-6-10-19(18)28-20(15)21(26)23-17-11-13-25(14-12-17)22(27)24-16-7-3-2-4-8-16/h2-10,17H,11-14H2,1H3,(H,23,26)(H,24,27). The van der Waals surface area contributed by atoms with Crippen LogP contribution in [0.5, 0.6) is 0 Å². The maximum absolute atomic E-state index is 12.7. The van der Waals surface area contributed by atoms with Gasteiger partial charge in [0.2, 0.25) is 0 Å². The van der Waals surface area contributed by atoms with E-state index in [1.165, 1.54) is 0 Å². The Kier molecular flexibility index (Phi) is 5.02. The highest BCUT2D eigenvalue weighted by Gasteiger charge is 2.26. The molecule has 4 rings (SSSR count). The van der Waals surface area contributed by atoms with Gasteiger partial charge in [0.05, 0.1) is 0 Å². The van der Waals surface area contributed by atoms with Gasteiger partial charge in [0.25, 0.3) is 5.91 Å². The van der Waals surface area contributed by atoms with Crippen LogP contribution in [0, 0.1) is 6.92 Å². The average Bonchev–Trinajstić information content (AvgIpc) is 3.06. The number of carbonyl (C=O) groups excluding carboxylic acids is 2. The number of amides is 3. The summed E-state index contributed by atoms with van der Waals surface area (Å²) < 4.78 is 5.74. The molecule has 0 aliphatic carbocycles. The Balaban J connectivity index is 1.33. The molecular formula is C22H23N3O3. The van der Waals surface area contributed by atoms with Crippen molar-refractivity contribution in [1.29, 1.82) is 0 Å². The van der Waals surface area contributed by atoms with Crippen molar-refractivity contribution in [1.82, 2.24) is 10.2 Å². The maximum atomic E-state index is 12.7. The fourth-order valence-corrected chi connectivity index (χ4v) is 3.59. The minimum absolute atomic E-state index is 0.0286. The van der Waals surface area contributed by atoms with E-state index in [1.54, 1.807) is 4.90 Å². The zero-order valence-electron chi connectivity index (χ0n) is 15.8. The lowest BCUT2D eigenvalue weighted by atomic mass is 10.0. The summed E-state index contributed by atoms with van der Waals surface area (Å²) in [5.41, 5.74) is 2.36. The zero-order valence-corrected chi connectivity index (χ0v) is 15.8. The van der Waals surface area contributed by atoms with E-state index in [-0.39, 0.29) is 18.0 Å². The quantitative estimate of drug-likeness (QED) is 0.719. The van der Waals surface area contributed by atoms with Crippen LogP contribution in [0.3, 0.4) is 0 Å². The van der Waals surface area contributed by atoms with Crippen molar-refractivity contribution < 1.29 is 14.0 Å². The predicted octanol–water partition coefficient (Wildman–Crippen LogP) is 4.17. The number of piperidine rings is 1. The molecule has 0 saturated carbocycles. The molecule has 0 atom stereocenters. The number of hydrogen-bond donors (Lipinski definition) is 2. The van der Waals surface area contributed by atoms with Crippen LogP contribution in [0.15, 0.2) is 59.0 Å². The summed E-state index contributed by atoms with van der Waals surface area (Å²) in [7, 11) is 0. The number of urea groups is 1. The molecule has 0 unspecified atom stereocenters. The summed E-state index contributed by atoms with van der Waals surface area (Å²) in [5.74, 6) is 0.173. The van der Waals surface area contributed by atoms with Crippen LogP contribution < -0.4 is 10.6 Å². The summed E-state index contributed by atoms with van der Waals surface area (Å²) in [4.78, 5) is 26.8. The van der Waals surface area contributed by atoms with Crippen molar-refractivity contribution in [2.24, 2.45) is 0 Å².